The minimum atomic E-state index is -2.43. The first kappa shape index (κ1) is 17.7. The highest BCUT2D eigenvalue weighted by Crippen LogP contribution is 2.43. The molecule has 132 valence electrons. The number of hydrogen-bond acceptors (Lipinski definition) is 7. The zero-order chi connectivity index (χ0) is 17.6. The molecule has 2 aromatic rings. The van der Waals surface area contributed by atoms with Crippen LogP contribution in [0, 0.1) is 0 Å². The highest BCUT2D eigenvalue weighted by atomic mass is 31.2. The fourth-order valence-corrected chi connectivity index (χ4v) is 3.96. The van der Waals surface area contributed by atoms with Gasteiger partial charge < -0.3 is 29.5 Å². The van der Waals surface area contributed by atoms with Crippen molar-refractivity contribution in [3.05, 3.63) is 28.4 Å². The second-order valence-corrected chi connectivity index (χ2v) is 10.3. The van der Waals surface area contributed by atoms with Crippen LogP contribution < -0.4 is 5.56 Å². The molecule has 4 N–H and O–H groups in total. The molecule has 1 unspecified atom stereocenters. The summed E-state index contributed by atoms with van der Waals surface area (Å²) < 4.78 is 19.0. The zero-order valence-electron chi connectivity index (χ0n) is 13.2. The van der Waals surface area contributed by atoms with E-state index in [1.54, 1.807) is 24.2 Å². The van der Waals surface area contributed by atoms with E-state index in [0.717, 1.165) is 0 Å². The molecule has 1 fully saturated rings. The molecule has 11 heteroatoms. The highest BCUT2D eigenvalue weighted by molar-refractivity contribution is 7.62. The summed E-state index contributed by atoms with van der Waals surface area (Å²) in [6.07, 6.45) is -0.324. The molecule has 1 aliphatic rings. The fraction of sp³-hybridized carbons (Fsp3) is 0.538. The summed E-state index contributed by atoms with van der Waals surface area (Å²) in [5, 5.41) is 20.7. The quantitative estimate of drug-likeness (QED) is 0.556. The molecule has 24 heavy (non-hydrogen) atoms. The Hall–Kier alpha value is -1.08. The maximum atomic E-state index is 11.8. The molecule has 5 atom stereocenters. The number of hydrogen-bond donors (Lipinski definition) is 4. The monoisotopic (exact) mass is 374 g/mol. The number of ether oxygens (including phenoxy) is 1. The number of nitrogens with one attached hydrogen (secondary N) is 2. The number of H-pyrrole nitrogens is 2. The predicted molar refractivity (Wildman–Crippen MR) is 92.2 cm³/mol. The maximum Gasteiger partial charge on any atom is 0.275 e. The fourth-order valence-electron chi connectivity index (χ4n) is 2.85. The van der Waals surface area contributed by atoms with E-state index in [9.17, 15) is 19.6 Å². The molecule has 9 nitrogen and oxygen atoms in total. The zero-order valence-corrected chi connectivity index (χ0v) is 15.3. The van der Waals surface area contributed by atoms with Gasteiger partial charge in [0.15, 0.2) is 0 Å². The third-order valence-corrected chi connectivity index (χ3v) is 5.34. The molecule has 0 radical (unpaired) electrons. The van der Waals surface area contributed by atoms with Crippen LogP contribution >= 0.6 is 16.5 Å². The average molecular weight is 374 g/mol. The van der Waals surface area contributed by atoms with Crippen LogP contribution in [0.2, 0.25) is 0 Å². The first-order chi connectivity index (χ1) is 11.2. The van der Waals surface area contributed by atoms with Crippen LogP contribution in [0.3, 0.4) is 0 Å². The Labute approximate surface area is 140 Å². The molecule has 1 aliphatic heterocycles. The Morgan fingerprint density at radius 1 is 1.38 bits per heavy atom. The summed E-state index contributed by atoms with van der Waals surface area (Å²) in [5.74, 6) is 0. The van der Waals surface area contributed by atoms with Crippen LogP contribution in [0.25, 0.3) is 11.0 Å². The molecule has 0 aliphatic carbocycles. The molecule has 0 aromatic carbocycles. The SMILES string of the molecule is CP(C)(=O)CO[C@@H]1[C@@H](O)[C@@H](O)[C@H](c2c[nH]c3c(=O)[nH]cnc23)N1P. The lowest BCUT2D eigenvalue weighted by Gasteiger charge is -2.26. The molecule has 1 saturated heterocycles. The van der Waals surface area contributed by atoms with Crippen molar-refractivity contribution < 1.29 is 19.5 Å². The number of aromatic nitrogens is 3. The van der Waals surface area contributed by atoms with Gasteiger partial charge in [-0.2, -0.15) is 0 Å². The molecule has 0 bridgehead atoms. The Bertz CT molecular complexity index is 846. The van der Waals surface area contributed by atoms with E-state index < -0.39 is 31.6 Å². The number of rotatable bonds is 4. The van der Waals surface area contributed by atoms with Gasteiger partial charge in [0.1, 0.15) is 43.0 Å². The van der Waals surface area contributed by atoms with Crippen molar-refractivity contribution in [1.82, 2.24) is 19.6 Å². The van der Waals surface area contributed by atoms with Gasteiger partial charge in [-0.15, -0.1) is 0 Å². The Morgan fingerprint density at radius 3 is 2.75 bits per heavy atom. The summed E-state index contributed by atoms with van der Waals surface area (Å²) in [7, 11) is -0.0176. The smallest absolute Gasteiger partial charge is 0.275 e. The van der Waals surface area contributed by atoms with E-state index in [-0.39, 0.29) is 11.9 Å². The van der Waals surface area contributed by atoms with Gasteiger partial charge in [0, 0.05) is 11.8 Å². The third kappa shape index (κ3) is 3.08. The van der Waals surface area contributed by atoms with Crippen LogP contribution in [-0.4, -0.2) is 67.9 Å². The second-order valence-electron chi connectivity index (χ2n) is 6.33. The molecule has 2 aromatic heterocycles. The molecule has 3 rings (SSSR count). The van der Waals surface area contributed by atoms with Gasteiger partial charge in [-0.1, -0.05) is 9.39 Å². The van der Waals surface area contributed by atoms with Crippen LogP contribution in [-0.2, 0) is 9.30 Å². The number of aromatic amines is 2. The first-order valence-corrected chi connectivity index (χ1v) is 10.6. The van der Waals surface area contributed by atoms with Crippen LogP contribution in [0.1, 0.15) is 11.6 Å². The Morgan fingerprint density at radius 2 is 2.08 bits per heavy atom. The lowest BCUT2D eigenvalue weighted by molar-refractivity contribution is -0.0644. The highest BCUT2D eigenvalue weighted by Gasteiger charge is 2.48. The molecule has 0 saturated carbocycles. The van der Waals surface area contributed by atoms with Crippen molar-refractivity contribution in [2.75, 3.05) is 19.7 Å². The number of fused-ring (bicyclic) bond motifs is 1. The van der Waals surface area contributed by atoms with Gasteiger partial charge in [0.25, 0.3) is 5.56 Å². The van der Waals surface area contributed by atoms with Crippen LogP contribution in [0.5, 0.6) is 0 Å². The van der Waals surface area contributed by atoms with E-state index >= 15 is 0 Å². The first-order valence-electron chi connectivity index (χ1n) is 7.30. The molecular weight excluding hydrogens is 354 g/mol. The number of aliphatic hydroxyl groups is 2. The average Bonchev–Trinajstić information content (AvgIpc) is 2.99. The summed E-state index contributed by atoms with van der Waals surface area (Å²) in [4.78, 5) is 21.3. The topological polar surface area (TPSA) is 132 Å². The van der Waals surface area contributed by atoms with E-state index in [1.807, 2.05) is 0 Å². The van der Waals surface area contributed by atoms with Gasteiger partial charge >= 0.3 is 0 Å². The normalized spacial score (nSPS) is 28.7. The van der Waals surface area contributed by atoms with Crippen LogP contribution in [0.4, 0.5) is 0 Å². The molecular formula is C13H20N4O5P2. The number of aliphatic hydroxyl groups excluding tert-OH is 2. The largest absolute Gasteiger partial charge is 0.388 e. The van der Waals surface area contributed by atoms with Gasteiger partial charge in [-0.05, 0) is 13.3 Å². The minimum Gasteiger partial charge on any atom is -0.388 e. The van der Waals surface area contributed by atoms with Crippen molar-refractivity contribution >= 4 is 27.6 Å². The summed E-state index contributed by atoms with van der Waals surface area (Å²) in [6.45, 7) is 3.18. The van der Waals surface area contributed by atoms with Gasteiger partial charge in [0.05, 0.1) is 12.4 Å². The number of nitrogens with zero attached hydrogens (tertiary/aromatic N) is 2. The Balaban J connectivity index is 1.94. The van der Waals surface area contributed by atoms with Crippen molar-refractivity contribution in [1.29, 1.82) is 0 Å². The standard InChI is InChI=1S/C13H20N4O5P2/c1-24(2,21)5-22-13-11(19)10(18)9(17(13)23)6-3-14-8-7(6)15-4-16-12(8)20/h3-4,9-11,13-14,18-19H,5,23H2,1-2H3,(H,15,16,20)/t9-,10-,11-,13+/m0/s1. The van der Waals surface area contributed by atoms with E-state index in [1.165, 1.54) is 6.33 Å². The Kier molecular flexibility index (Phi) is 4.68. The molecule has 0 amide bonds. The summed E-state index contributed by atoms with van der Waals surface area (Å²) >= 11 is 0. The van der Waals surface area contributed by atoms with Crippen molar-refractivity contribution in [3.63, 3.8) is 0 Å². The lowest BCUT2D eigenvalue weighted by Crippen LogP contribution is -2.34. The minimum absolute atomic E-state index is 0.00906. The van der Waals surface area contributed by atoms with Crippen molar-refractivity contribution in [2.24, 2.45) is 0 Å². The lowest BCUT2D eigenvalue weighted by atomic mass is 10.0. The molecule has 3 heterocycles. The second kappa shape index (κ2) is 6.33. The van der Waals surface area contributed by atoms with Crippen molar-refractivity contribution in [3.8, 4) is 0 Å². The van der Waals surface area contributed by atoms with E-state index in [0.29, 0.717) is 16.6 Å². The maximum absolute atomic E-state index is 11.8. The van der Waals surface area contributed by atoms with Gasteiger partial charge in [-0.3, -0.25) is 4.79 Å². The molecule has 0 spiro atoms. The summed E-state index contributed by atoms with van der Waals surface area (Å²) in [6, 6.07) is -0.647. The van der Waals surface area contributed by atoms with Crippen LogP contribution in [0.15, 0.2) is 17.3 Å². The predicted octanol–water partition coefficient (Wildman–Crippen LogP) is 0.0427. The van der Waals surface area contributed by atoms with Gasteiger partial charge in [-0.25, -0.2) is 9.65 Å². The third-order valence-electron chi connectivity index (χ3n) is 3.95. The van der Waals surface area contributed by atoms with E-state index in [2.05, 4.69) is 24.3 Å². The van der Waals surface area contributed by atoms with E-state index in [4.69, 9.17) is 4.74 Å². The summed E-state index contributed by atoms with van der Waals surface area (Å²) in [5.41, 5.74) is 0.962. The van der Waals surface area contributed by atoms with Crippen molar-refractivity contribution in [2.45, 2.75) is 24.5 Å². The van der Waals surface area contributed by atoms with Gasteiger partial charge in [0.2, 0.25) is 0 Å².